The Morgan fingerprint density at radius 1 is 0.900 bits per heavy atom. The lowest BCUT2D eigenvalue weighted by Gasteiger charge is -2.30. The van der Waals surface area contributed by atoms with Gasteiger partial charge in [-0.15, -0.1) is 0 Å². The third-order valence-corrected chi connectivity index (χ3v) is 3.67. The minimum absolute atomic E-state index is 1.01. The van der Waals surface area contributed by atoms with Gasteiger partial charge in [0.2, 0.25) is 0 Å². The maximum atomic E-state index is 3.79. The van der Waals surface area contributed by atoms with E-state index in [1.54, 1.807) is 0 Å². The lowest BCUT2D eigenvalue weighted by Crippen LogP contribution is -2.40. The van der Waals surface area contributed by atoms with E-state index in [1.807, 2.05) is 6.08 Å². The molecule has 0 fully saturated rings. The van der Waals surface area contributed by atoms with Gasteiger partial charge in [0.1, 0.15) is 6.54 Å². The van der Waals surface area contributed by atoms with Crippen LogP contribution in [0.3, 0.4) is 0 Å². The van der Waals surface area contributed by atoms with E-state index in [4.69, 9.17) is 0 Å². The summed E-state index contributed by atoms with van der Waals surface area (Å²) in [7, 11) is 4.59. The minimum atomic E-state index is 1.01. The molecule has 1 nitrogen and oxygen atoms in total. The number of benzene rings is 2. The third kappa shape index (κ3) is 4.36. The quantitative estimate of drug-likeness (QED) is 0.689. The van der Waals surface area contributed by atoms with Crippen LogP contribution < -0.4 is 0 Å². The van der Waals surface area contributed by atoms with Crippen molar-refractivity contribution >= 4 is 6.08 Å². The molecule has 0 saturated carbocycles. The van der Waals surface area contributed by atoms with Crippen molar-refractivity contribution in [1.29, 1.82) is 0 Å². The predicted molar refractivity (Wildman–Crippen MR) is 87.4 cm³/mol. The van der Waals surface area contributed by atoms with Crippen molar-refractivity contribution in [3.8, 4) is 0 Å². The van der Waals surface area contributed by atoms with Crippen LogP contribution in [-0.2, 0) is 13.0 Å². The van der Waals surface area contributed by atoms with E-state index in [2.05, 4.69) is 75.3 Å². The van der Waals surface area contributed by atoms with Gasteiger partial charge in [0.25, 0.3) is 0 Å². The zero-order chi connectivity index (χ0) is 14.4. The van der Waals surface area contributed by atoms with Crippen molar-refractivity contribution in [2.24, 2.45) is 0 Å². The Balaban J connectivity index is 1.92. The molecule has 0 saturated heterocycles. The maximum Gasteiger partial charge on any atom is 0.104 e. The Morgan fingerprint density at radius 3 is 2.15 bits per heavy atom. The predicted octanol–water partition coefficient (Wildman–Crippen LogP) is 4.15. The van der Waals surface area contributed by atoms with E-state index in [1.165, 1.54) is 16.7 Å². The molecule has 1 heteroatoms. The van der Waals surface area contributed by atoms with Gasteiger partial charge >= 0.3 is 0 Å². The highest BCUT2D eigenvalue weighted by atomic mass is 15.3. The van der Waals surface area contributed by atoms with Crippen LogP contribution in [0.4, 0.5) is 0 Å². The molecule has 0 aliphatic carbocycles. The summed E-state index contributed by atoms with van der Waals surface area (Å²) < 4.78 is 1.01. The fraction of sp³-hybridized carbons (Fsp3) is 0.263. The van der Waals surface area contributed by atoms with E-state index < -0.39 is 0 Å². The number of likely N-dealkylation sites (N-methyl/N-ethyl adjacent to an activating group) is 1. The summed E-state index contributed by atoms with van der Waals surface area (Å²) in [6, 6.07) is 19.4. The number of quaternary nitrogens is 1. The van der Waals surface area contributed by atoms with Gasteiger partial charge < -0.3 is 4.48 Å². The second-order valence-electron chi connectivity index (χ2n) is 6.00. The van der Waals surface area contributed by atoms with Crippen molar-refractivity contribution in [2.75, 3.05) is 20.6 Å². The van der Waals surface area contributed by atoms with Gasteiger partial charge in [-0.2, -0.15) is 0 Å². The summed E-state index contributed by atoms with van der Waals surface area (Å²) >= 11 is 0. The Hall–Kier alpha value is -1.86. The van der Waals surface area contributed by atoms with Crippen molar-refractivity contribution in [3.05, 3.63) is 77.9 Å². The summed E-state index contributed by atoms with van der Waals surface area (Å²) in [5.41, 5.74) is 3.99. The molecule has 0 spiro atoms. The molecule has 0 heterocycles. The van der Waals surface area contributed by atoms with Crippen LogP contribution in [0.5, 0.6) is 0 Å². The fourth-order valence-electron chi connectivity index (χ4n) is 2.41. The molecule has 0 atom stereocenters. The Labute approximate surface area is 122 Å². The molecule has 0 unspecified atom stereocenters. The standard InChI is InChI=1S/C19H24N/c1-4-17-10-12-18(13-11-17)14-15-20(2,3)16-19-8-6-5-7-9-19/h4-13H,1,14-16H2,2-3H3/q+1. The molecule has 104 valence electrons. The summed E-state index contributed by atoms with van der Waals surface area (Å²) in [5.74, 6) is 0. The molecule has 2 rings (SSSR count). The van der Waals surface area contributed by atoms with Gasteiger partial charge in [-0.3, -0.25) is 0 Å². The van der Waals surface area contributed by atoms with Crippen LogP contribution >= 0.6 is 0 Å². The molecular weight excluding hydrogens is 242 g/mol. The maximum absolute atomic E-state index is 3.79. The van der Waals surface area contributed by atoms with Crippen LogP contribution in [0.2, 0.25) is 0 Å². The largest absolute Gasteiger partial charge is 0.324 e. The van der Waals surface area contributed by atoms with Crippen molar-refractivity contribution < 1.29 is 4.48 Å². The zero-order valence-electron chi connectivity index (χ0n) is 12.5. The second-order valence-corrected chi connectivity index (χ2v) is 6.00. The van der Waals surface area contributed by atoms with Gasteiger partial charge in [0.05, 0.1) is 20.6 Å². The van der Waals surface area contributed by atoms with E-state index in [9.17, 15) is 0 Å². The monoisotopic (exact) mass is 266 g/mol. The van der Waals surface area contributed by atoms with E-state index in [0.717, 1.165) is 24.0 Å². The summed E-state index contributed by atoms with van der Waals surface area (Å²) in [6.07, 6.45) is 3.00. The van der Waals surface area contributed by atoms with Crippen LogP contribution in [0, 0.1) is 0 Å². The summed E-state index contributed by atoms with van der Waals surface area (Å²) in [5, 5.41) is 0. The highest BCUT2D eigenvalue weighted by Crippen LogP contribution is 2.12. The zero-order valence-corrected chi connectivity index (χ0v) is 12.5. The van der Waals surface area contributed by atoms with Gasteiger partial charge in [0, 0.05) is 12.0 Å². The minimum Gasteiger partial charge on any atom is -0.324 e. The number of rotatable bonds is 6. The molecule has 0 aliphatic heterocycles. The van der Waals surface area contributed by atoms with E-state index in [0.29, 0.717) is 0 Å². The first-order chi connectivity index (χ1) is 9.59. The highest BCUT2D eigenvalue weighted by Gasteiger charge is 2.15. The molecule has 0 aliphatic rings. The molecule has 0 bridgehead atoms. The number of hydrogen-bond donors (Lipinski definition) is 0. The summed E-state index contributed by atoms with van der Waals surface area (Å²) in [6.45, 7) is 6.01. The molecule has 2 aromatic rings. The lowest BCUT2D eigenvalue weighted by atomic mass is 10.1. The third-order valence-electron chi connectivity index (χ3n) is 3.67. The number of nitrogens with zero attached hydrogens (tertiary/aromatic N) is 1. The molecule has 2 aromatic carbocycles. The first kappa shape index (κ1) is 14.5. The topological polar surface area (TPSA) is 0 Å². The van der Waals surface area contributed by atoms with Crippen LogP contribution in [0.25, 0.3) is 6.08 Å². The normalized spacial score (nSPS) is 11.3. The van der Waals surface area contributed by atoms with Crippen molar-refractivity contribution in [1.82, 2.24) is 0 Å². The molecule has 20 heavy (non-hydrogen) atoms. The molecule has 0 aromatic heterocycles. The van der Waals surface area contributed by atoms with E-state index >= 15 is 0 Å². The second kappa shape index (κ2) is 6.53. The Kier molecular flexibility index (Phi) is 4.75. The lowest BCUT2D eigenvalue weighted by molar-refractivity contribution is -0.903. The molecule has 0 N–H and O–H groups in total. The average molecular weight is 266 g/mol. The molecule has 0 amide bonds. The Morgan fingerprint density at radius 2 is 1.55 bits per heavy atom. The van der Waals surface area contributed by atoms with Gasteiger partial charge in [0.15, 0.2) is 0 Å². The van der Waals surface area contributed by atoms with Gasteiger partial charge in [-0.1, -0.05) is 67.3 Å². The van der Waals surface area contributed by atoms with Gasteiger partial charge in [-0.05, 0) is 11.1 Å². The van der Waals surface area contributed by atoms with Crippen molar-refractivity contribution in [3.63, 3.8) is 0 Å². The SMILES string of the molecule is C=Cc1ccc(CC[N+](C)(C)Cc2ccccc2)cc1. The van der Waals surface area contributed by atoms with E-state index in [-0.39, 0.29) is 0 Å². The van der Waals surface area contributed by atoms with Gasteiger partial charge in [-0.25, -0.2) is 0 Å². The average Bonchev–Trinajstić information content (AvgIpc) is 2.46. The van der Waals surface area contributed by atoms with Crippen LogP contribution in [0.15, 0.2) is 61.2 Å². The number of hydrogen-bond acceptors (Lipinski definition) is 0. The first-order valence-corrected chi connectivity index (χ1v) is 7.16. The van der Waals surface area contributed by atoms with Crippen LogP contribution in [-0.4, -0.2) is 25.1 Å². The first-order valence-electron chi connectivity index (χ1n) is 7.16. The van der Waals surface area contributed by atoms with Crippen LogP contribution in [0.1, 0.15) is 16.7 Å². The highest BCUT2D eigenvalue weighted by molar-refractivity contribution is 5.47. The smallest absolute Gasteiger partial charge is 0.104 e. The van der Waals surface area contributed by atoms with Crippen molar-refractivity contribution in [2.45, 2.75) is 13.0 Å². The molecular formula is C19H24N+. The molecule has 0 radical (unpaired) electrons. The fourth-order valence-corrected chi connectivity index (χ4v) is 2.41. The summed E-state index contributed by atoms with van der Waals surface area (Å²) in [4.78, 5) is 0. The Bertz CT molecular complexity index is 538.